The van der Waals surface area contributed by atoms with Crippen LogP contribution in [0, 0.1) is 10.1 Å². The van der Waals surface area contributed by atoms with Crippen LogP contribution in [0.1, 0.15) is 22.8 Å². The fourth-order valence-corrected chi connectivity index (χ4v) is 2.48. The lowest BCUT2D eigenvalue weighted by Gasteiger charge is -2.21. The number of rotatable bonds is 5. The molecule has 0 unspecified atom stereocenters. The van der Waals surface area contributed by atoms with Crippen molar-refractivity contribution in [3.05, 3.63) is 63.7 Å². The maximum Gasteiger partial charge on any atom is 0.311 e. The van der Waals surface area contributed by atoms with Crippen molar-refractivity contribution in [1.29, 1.82) is 0 Å². The van der Waals surface area contributed by atoms with Crippen molar-refractivity contribution in [2.45, 2.75) is 13.3 Å². The summed E-state index contributed by atoms with van der Waals surface area (Å²) in [7, 11) is 2.97. The van der Waals surface area contributed by atoms with Crippen molar-refractivity contribution >= 4 is 17.3 Å². The third-order valence-corrected chi connectivity index (χ3v) is 3.66. The van der Waals surface area contributed by atoms with Crippen molar-refractivity contribution < 1.29 is 14.5 Å². The Bertz CT molecular complexity index is 743. The Balaban J connectivity index is 2.48. The SMILES string of the molecule is CCc1ccccc1N(C)C(=O)c1cccc([N+](=O)[O-])c1OC. The highest BCUT2D eigenvalue weighted by molar-refractivity contribution is 6.08. The van der Waals surface area contributed by atoms with Gasteiger partial charge in [-0.15, -0.1) is 0 Å². The average molecular weight is 314 g/mol. The molecule has 0 bridgehead atoms. The minimum atomic E-state index is -0.560. The second-order valence-corrected chi connectivity index (χ2v) is 4.96. The second-order valence-electron chi connectivity index (χ2n) is 4.96. The summed E-state index contributed by atoms with van der Waals surface area (Å²) >= 11 is 0. The number of hydrogen-bond acceptors (Lipinski definition) is 4. The molecule has 2 aromatic rings. The first-order valence-electron chi connectivity index (χ1n) is 7.18. The third-order valence-electron chi connectivity index (χ3n) is 3.66. The molecule has 120 valence electrons. The minimum absolute atomic E-state index is 0.0247. The molecule has 0 N–H and O–H groups in total. The lowest BCUT2D eigenvalue weighted by Crippen LogP contribution is -2.27. The van der Waals surface area contributed by atoms with Gasteiger partial charge in [-0.3, -0.25) is 14.9 Å². The largest absolute Gasteiger partial charge is 0.490 e. The molecule has 0 fully saturated rings. The number of hydrogen-bond donors (Lipinski definition) is 0. The molecule has 0 atom stereocenters. The van der Waals surface area contributed by atoms with E-state index < -0.39 is 4.92 Å². The fraction of sp³-hybridized carbons (Fsp3) is 0.235. The molecule has 23 heavy (non-hydrogen) atoms. The van der Waals surface area contributed by atoms with Gasteiger partial charge >= 0.3 is 5.69 Å². The van der Waals surface area contributed by atoms with Gasteiger partial charge in [-0.2, -0.15) is 0 Å². The van der Waals surface area contributed by atoms with Crippen LogP contribution >= 0.6 is 0 Å². The summed E-state index contributed by atoms with van der Waals surface area (Å²) in [6.45, 7) is 2.01. The molecule has 0 heterocycles. The highest BCUT2D eigenvalue weighted by Crippen LogP contribution is 2.32. The average Bonchev–Trinajstić information content (AvgIpc) is 2.59. The molecule has 0 saturated heterocycles. The summed E-state index contributed by atoms with van der Waals surface area (Å²) in [6, 6.07) is 11.9. The van der Waals surface area contributed by atoms with Crippen LogP contribution < -0.4 is 9.64 Å². The molecule has 0 aromatic heterocycles. The first-order valence-corrected chi connectivity index (χ1v) is 7.18. The van der Waals surface area contributed by atoms with Gasteiger partial charge < -0.3 is 9.64 Å². The van der Waals surface area contributed by atoms with Crippen LogP contribution in [0.4, 0.5) is 11.4 Å². The zero-order valence-corrected chi connectivity index (χ0v) is 13.3. The van der Waals surface area contributed by atoms with Gasteiger partial charge in [0.05, 0.1) is 17.6 Å². The van der Waals surface area contributed by atoms with Gasteiger partial charge in [0.1, 0.15) is 0 Å². The summed E-state index contributed by atoms with van der Waals surface area (Å²) < 4.78 is 5.11. The van der Waals surface area contributed by atoms with E-state index in [4.69, 9.17) is 4.74 Å². The monoisotopic (exact) mass is 314 g/mol. The van der Waals surface area contributed by atoms with Crippen molar-refractivity contribution in [2.75, 3.05) is 19.1 Å². The predicted molar refractivity (Wildman–Crippen MR) is 88.2 cm³/mol. The standard InChI is InChI=1S/C17H18N2O4/c1-4-12-8-5-6-10-14(12)18(2)17(20)13-9-7-11-15(19(21)22)16(13)23-3/h5-11H,4H2,1-3H3. The number of para-hydroxylation sites is 2. The molecule has 0 aliphatic heterocycles. The number of nitro benzene ring substituents is 1. The molecule has 1 amide bonds. The quantitative estimate of drug-likeness (QED) is 0.626. The maximum atomic E-state index is 12.8. The summed E-state index contributed by atoms with van der Waals surface area (Å²) in [5, 5.41) is 11.1. The van der Waals surface area contributed by atoms with E-state index in [0.29, 0.717) is 0 Å². The van der Waals surface area contributed by atoms with Crippen molar-refractivity contribution in [2.24, 2.45) is 0 Å². The van der Waals surface area contributed by atoms with Gasteiger partial charge in [0.25, 0.3) is 5.91 Å². The van der Waals surface area contributed by atoms with E-state index >= 15 is 0 Å². The van der Waals surface area contributed by atoms with Gasteiger partial charge in [-0.05, 0) is 24.1 Å². The minimum Gasteiger partial charge on any atom is -0.490 e. The van der Waals surface area contributed by atoms with Gasteiger partial charge in [0.15, 0.2) is 0 Å². The number of carbonyl (C=O) groups excluding carboxylic acids is 1. The van der Waals surface area contributed by atoms with Crippen LogP contribution in [-0.2, 0) is 6.42 Å². The zero-order chi connectivity index (χ0) is 17.0. The lowest BCUT2D eigenvalue weighted by molar-refractivity contribution is -0.385. The number of carbonyl (C=O) groups is 1. The van der Waals surface area contributed by atoms with E-state index in [1.54, 1.807) is 7.05 Å². The van der Waals surface area contributed by atoms with E-state index in [-0.39, 0.29) is 22.9 Å². The van der Waals surface area contributed by atoms with Crippen LogP contribution in [-0.4, -0.2) is 25.0 Å². The molecule has 0 spiro atoms. The number of amides is 1. The van der Waals surface area contributed by atoms with Crippen LogP contribution in [0.5, 0.6) is 5.75 Å². The van der Waals surface area contributed by atoms with E-state index in [9.17, 15) is 14.9 Å². The molecule has 0 saturated carbocycles. The third kappa shape index (κ3) is 3.15. The van der Waals surface area contributed by atoms with Crippen LogP contribution in [0.15, 0.2) is 42.5 Å². The van der Waals surface area contributed by atoms with Gasteiger partial charge in [-0.1, -0.05) is 31.2 Å². The molecule has 2 rings (SSSR count). The molecule has 6 nitrogen and oxygen atoms in total. The smallest absolute Gasteiger partial charge is 0.311 e. The van der Waals surface area contributed by atoms with Crippen LogP contribution in [0.2, 0.25) is 0 Å². The summed E-state index contributed by atoms with van der Waals surface area (Å²) in [5.41, 5.74) is 1.73. The Morgan fingerprint density at radius 1 is 1.22 bits per heavy atom. The van der Waals surface area contributed by atoms with Crippen molar-refractivity contribution in [1.82, 2.24) is 0 Å². The molecule has 2 aromatic carbocycles. The lowest BCUT2D eigenvalue weighted by atomic mass is 10.1. The Morgan fingerprint density at radius 2 is 1.91 bits per heavy atom. The highest BCUT2D eigenvalue weighted by Gasteiger charge is 2.25. The number of ether oxygens (including phenoxy) is 1. The maximum absolute atomic E-state index is 12.8. The van der Waals surface area contributed by atoms with Gasteiger partial charge in [0.2, 0.25) is 5.75 Å². The molecular weight excluding hydrogens is 296 g/mol. The number of benzene rings is 2. The normalized spacial score (nSPS) is 10.2. The van der Waals surface area contributed by atoms with Crippen LogP contribution in [0.3, 0.4) is 0 Å². The number of methoxy groups -OCH3 is 1. The second kappa shape index (κ2) is 6.91. The number of anilines is 1. The Labute approximate surface area is 134 Å². The first-order chi connectivity index (χ1) is 11.0. The predicted octanol–water partition coefficient (Wildman–Crippen LogP) is 3.44. The summed E-state index contributed by atoms with van der Waals surface area (Å²) in [4.78, 5) is 24.8. The Hall–Kier alpha value is -2.89. The number of nitrogens with zero attached hydrogens (tertiary/aromatic N) is 2. The van der Waals surface area contributed by atoms with Crippen molar-refractivity contribution in [3.8, 4) is 5.75 Å². The Kier molecular flexibility index (Phi) is 4.95. The van der Waals surface area contributed by atoms with Crippen molar-refractivity contribution in [3.63, 3.8) is 0 Å². The number of nitro groups is 1. The van der Waals surface area contributed by atoms with E-state index in [1.165, 1.54) is 30.2 Å². The number of aryl methyl sites for hydroxylation is 1. The van der Waals surface area contributed by atoms with E-state index in [2.05, 4.69) is 0 Å². The summed E-state index contributed by atoms with van der Waals surface area (Å²) in [5.74, 6) is -0.380. The fourth-order valence-electron chi connectivity index (χ4n) is 2.48. The molecule has 0 aliphatic rings. The summed E-state index contributed by atoms with van der Waals surface area (Å²) in [6.07, 6.45) is 0.778. The Morgan fingerprint density at radius 3 is 2.52 bits per heavy atom. The first kappa shape index (κ1) is 16.5. The van der Waals surface area contributed by atoms with E-state index in [1.807, 2.05) is 31.2 Å². The molecule has 0 radical (unpaired) electrons. The van der Waals surface area contributed by atoms with Crippen LogP contribution in [0.25, 0.3) is 0 Å². The van der Waals surface area contributed by atoms with E-state index in [0.717, 1.165) is 17.7 Å². The molecule has 6 heteroatoms. The molecular formula is C17H18N2O4. The zero-order valence-electron chi connectivity index (χ0n) is 13.3. The topological polar surface area (TPSA) is 72.7 Å². The van der Waals surface area contributed by atoms with Gasteiger partial charge in [-0.25, -0.2) is 0 Å². The van der Waals surface area contributed by atoms with Gasteiger partial charge in [0, 0.05) is 18.8 Å². The highest BCUT2D eigenvalue weighted by atomic mass is 16.6. The molecule has 0 aliphatic carbocycles.